The lowest BCUT2D eigenvalue weighted by Crippen LogP contribution is -2.42. The number of thiophene rings is 1. The fraction of sp³-hybridized carbons (Fsp3) is 0.455. The third-order valence-corrected chi connectivity index (χ3v) is 6.51. The maximum atomic E-state index is 12.8. The van der Waals surface area contributed by atoms with Gasteiger partial charge in [0, 0.05) is 12.2 Å². The summed E-state index contributed by atoms with van der Waals surface area (Å²) in [6, 6.07) is 6.11. The number of amides is 4. The van der Waals surface area contributed by atoms with Gasteiger partial charge in [0.2, 0.25) is 5.91 Å². The van der Waals surface area contributed by atoms with Gasteiger partial charge in [0.05, 0.1) is 18.2 Å². The van der Waals surface area contributed by atoms with Crippen molar-refractivity contribution < 1.29 is 14.4 Å². The lowest BCUT2D eigenvalue weighted by molar-refractivity contribution is -0.132. The van der Waals surface area contributed by atoms with Crippen LogP contribution in [-0.2, 0) is 16.0 Å². The largest absolute Gasteiger partial charge is 0.347 e. The molecule has 1 saturated carbocycles. The Labute approximate surface area is 179 Å². The molecule has 2 aromatic heterocycles. The highest BCUT2D eigenvalue weighted by Gasteiger charge is 2.43. The van der Waals surface area contributed by atoms with Gasteiger partial charge >= 0.3 is 6.03 Å². The molecule has 2 atom stereocenters. The average Bonchev–Trinajstić information content (AvgIpc) is 3.36. The van der Waals surface area contributed by atoms with Gasteiger partial charge in [-0.3, -0.25) is 19.5 Å². The standard InChI is InChI=1S/C22H26N4O3S/c27-20(13-19-21(28)26(22(29)25-19)16-6-2-1-3-7-16)24-18(12-15-9-11-30-14-15)17-8-4-5-10-23-17/h4-5,8-11,14,16,18-19H,1-3,6-7,12-13H2,(H,24,27)(H,25,29)/t18-,19+/m1/s1. The van der Waals surface area contributed by atoms with E-state index in [1.54, 1.807) is 17.5 Å². The van der Waals surface area contributed by atoms with Gasteiger partial charge in [0.15, 0.2) is 0 Å². The van der Waals surface area contributed by atoms with Crippen LogP contribution in [0.4, 0.5) is 4.79 Å². The van der Waals surface area contributed by atoms with Crippen LogP contribution < -0.4 is 10.6 Å². The minimum Gasteiger partial charge on any atom is -0.347 e. The van der Waals surface area contributed by atoms with Gasteiger partial charge in [-0.25, -0.2) is 4.79 Å². The maximum absolute atomic E-state index is 12.8. The highest BCUT2D eigenvalue weighted by molar-refractivity contribution is 7.07. The number of aromatic nitrogens is 1. The smallest absolute Gasteiger partial charge is 0.325 e. The van der Waals surface area contributed by atoms with Crippen molar-refractivity contribution in [3.63, 3.8) is 0 Å². The average molecular weight is 427 g/mol. The van der Waals surface area contributed by atoms with Gasteiger partial charge in [-0.15, -0.1) is 0 Å². The van der Waals surface area contributed by atoms with E-state index < -0.39 is 6.04 Å². The first-order valence-electron chi connectivity index (χ1n) is 10.5. The topological polar surface area (TPSA) is 91.4 Å². The molecule has 7 nitrogen and oxygen atoms in total. The zero-order valence-electron chi connectivity index (χ0n) is 16.8. The first-order valence-corrected chi connectivity index (χ1v) is 11.4. The number of hydrogen-bond donors (Lipinski definition) is 2. The molecule has 2 aliphatic rings. The van der Waals surface area contributed by atoms with Crippen LogP contribution in [0.25, 0.3) is 0 Å². The summed E-state index contributed by atoms with van der Waals surface area (Å²) in [7, 11) is 0. The van der Waals surface area contributed by atoms with Crippen molar-refractivity contribution in [2.75, 3.05) is 0 Å². The molecule has 3 heterocycles. The van der Waals surface area contributed by atoms with Gasteiger partial charge in [0.1, 0.15) is 6.04 Å². The number of hydrogen-bond acceptors (Lipinski definition) is 5. The van der Waals surface area contributed by atoms with Crippen LogP contribution in [0.5, 0.6) is 0 Å². The van der Waals surface area contributed by atoms with Crippen molar-refractivity contribution in [3.05, 3.63) is 52.5 Å². The van der Waals surface area contributed by atoms with E-state index in [4.69, 9.17) is 0 Å². The first kappa shape index (κ1) is 20.5. The molecule has 8 heteroatoms. The van der Waals surface area contributed by atoms with Crippen molar-refractivity contribution in [1.29, 1.82) is 0 Å². The molecule has 158 valence electrons. The number of nitrogens with one attached hydrogen (secondary N) is 2. The van der Waals surface area contributed by atoms with Gasteiger partial charge in [-0.05, 0) is 53.8 Å². The maximum Gasteiger partial charge on any atom is 0.325 e. The van der Waals surface area contributed by atoms with E-state index >= 15 is 0 Å². The van der Waals surface area contributed by atoms with Crippen molar-refractivity contribution in [2.24, 2.45) is 0 Å². The van der Waals surface area contributed by atoms with Crippen molar-refractivity contribution in [3.8, 4) is 0 Å². The fourth-order valence-corrected chi connectivity index (χ4v) is 4.95. The predicted molar refractivity (Wildman–Crippen MR) is 114 cm³/mol. The molecule has 2 N–H and O–H groups in total. The van der Waals surface area contributed by atoms with Crippen LogP contribution in [0, 0.1) is 0 Å². The van der Waals surface area contributed by atoms with E-state index in [9.17, 15) is 14.4 Å². The summed E-state index contributed by atoms with van der Waals surface area (Å²) in [6.45, 7) is 0. The SMILES string of the molecule is O=C(C[C@@H]1NC(=O)N(C2CCCCC2)C1=O)N[C@H](Cc1ccsc1)c1ccccn1. The van der Waals surface area contributed by atoms with Gasteiger partial charge in [0.25, 0.3) is 5.91 Å². The molecule has 30 heavy (non-hydrogen) atoms. The Kier molecular flexibility index (Phi) is 6.42. The van der Waals surface area contributed by atoms with Gasteiger partial charge < -0.3 is 10.6 Å². The van der Waals surface area contributed by atoms with E-state index in [1.165, 1.54) is 4.90 Å². The van der Waals surface area contributed by atoms with Crippen LogP contribution in [-0.4, -0.2) is 39.8 Å². The number of carbonyl (C=O) groups is 3. The number of imide groups is 1. The Morgan fingerprint density at radius 2 is 2.07 bits per heavy atom. The van der Waals surface area contributed by atoms with Gasteiger partial charge in [-0.2, -0.15) is 11.3 Å². The second-order valence-electron chi connectivity index (χ2n) is 7.92. The van der Waals surface area contributed by atoms with Crippen molar-refractivity contribution in [1.82, 2.24) is 20.5 Å². The zero-order chi connectivity index (χ0) is 20.9. The Morgan fingerprint density at radius 3 is 2.77 bits per heavy atom. The van der Waals surface area contributed by atoms with Crippen LogP contribution in [0.3, 0.4) is 0 Å². The molecule has 2 fully saturated rings. The lowest BCUT2D eigenvalue weighted by atomic mass is 9.94. The molecule has 0 aromatic carbocycles. The number of rotatable bonds is 7. The Balaban J connectivity index is 1.40. The quantitative estimate of drug-likeness (QED) is 0.665. The molecule has 4 rings (SSSR count). The molecule has 0 spiro atoms. The molecule has 2 aromatic rings. The number of carbonyl (C=O) groups excluding carboxylic acids is 3. The van der Waals surface area contributed by atoms with E-state index in [2.05, 4.69) is 15.6 Å². The molecule has 0 unspecified atom stereocenters. The Hall–Kier alpha value is -2.74. The predicted octanol–water partition coefficient (Wildman–Crippen LogP) is 3.19. The molecule has 1 aliphatic carbocycles. The fourth-order valence-electron chi connectivity index (χ4n) is 4.27. The van der Waals surface area contributed by atoms with Crippen LogP contribution in [0.1, 0.15) is 55.8 Å². The van der Waals surface area contributed by atoms with Crippen molar-refractivity contribution in [2.45, 2.75) is 63.1 Å². The number of pyridine rings is 1. The summed E-state index contributed by atoms with van der Waals surface area (Å²) in [5, 5.41) is 9.76. The van der Waals surface area contributed by atoms with Crippen LogP contribution in [0.2, 0.25) is 0 Å². The summed E-state index contributed by atoms with van der Waals surface area (Å²) in [4.78, 5) is 43.7. The monoisotopic (exact) mass is 426 g/mol. The summed E-state index contributed by atoms with van der Waals surface area (Å²) in [5.41, 5.74) is 1.88. The second-order valence-corrected chi connectivity index (χ2v) is 8.70. The minimum atomic E-state index is -0.801. The van der Waals surface area contributed by atoms with E-state index in [0.29, 0.717) is 6.42 Å². The minimum absolute atomic E-state index is 0.0424. The third-order valence-electron chi connectivity index (χ3n) is 5.78. The molecule has 0 bridgehead atoms. The molecule has 4 amide bonds. The van der Waals surface area contributed by atoms with Crippen molar-refractivity contribution >= 4 is 29.2 Å². The van der Waals surface area contributed by atoms with Crippen LogP contribution in [0.15, 0.2) is 41.2 Å². The highest BCUT2D eigenvalue weighted by atomic mass is 32.1. The number of urea groups is 1. The zero-order valence-corrected chi connectivity index (χ0v) is 17.6. The molecule has 0 radical (unpaired) electrons. The van der Waals surface area contributed by atoms with Crippen LogP contribution >= 0.6 is 11.3 Å². The first-order chi connectivity index (χ1) is 14.6. The molecule has 1 aliphatic heterocycles. The summed E-state index contributed by atoms with van der Waals surface area (Å²) in [5.74, 6) is -0.556. The summed E-state index contributed by atoms with van der Waals surface area (Å²) >= 11 is 1.61. The molecular formula is C22H26N4O3S. The lowest BCUT2D eigenvalue weighted by Gasteiger charge is -2.28. The Bertz CT molecular complexity index is 881. The normalized spacial score (nSPS) is 20.8. The number of nitrogens with zero attached hydrogens (tertiary/aromatic N) is 2. The molecular weight excluding hydrogens is 400 g/mol. The molecule has 1 saturated heterocycles. The summed E-state index contributed by atoms with van der Waals surface area (Å²) in [6.07, 6.45) is 7.14. The second kappa shape index (κ2) is 9.38. The third kappa shape index (κ3) is 4.70. The highest BCUT2D eigenvalue weighted by Crippen LogP contribution is 2.26. The van der Waals surface area contributed by atoms with Gasteiger partial charge in [-0.1, -0.05) is 25.3 Å². The Morgan fingerprint density at radius 1 is 1.23 bits per heavy atom. The summed E-state index contributed by atoms with van der Waals surface area (Å²) < 4.78 is 0. The van der Waals surface area contributed by atoms with E-state index in [1.807, 2.05) is 35.0 Å². The van der Waals surface area contributed by atoms with E-state index in [0.717, 1.165) is 43.4 Å². The van der Waals surface area contributed by atoms with E-state index in [-0.39, 0.29) is 36.3 Å².